The third-order valence-corrected chi connectivity index (χ3v) is 2.58. The lowest BCUT2D eigenvalue weighted by molar-refractivity contribution is 0.512. The lowest BCUT2D eigenvalue weighted by Crippen LogP contribution is -2.13. The summed E-state index contributed by atoms with van der Waals surface area (Å²) in [6.45, 7) is 5.93. The van der Waals surface area contributed by atoms with Crippen LogP contribution in [0, 0.1) is 0 Å². The first-order chi connectivity index (χ1) is 8.35. The monoisotopic (exact) mass is 234 g/mol. The number of nitrogens with one attached hydrogen (secondary N) is 1. The third-order valence-electron chi connectivity index (χ3n) is 2.58. The van der Waals surface area contributed by atoms with Gasteiger partial charge in [-0.3, -0.25) is 0 Å². The molecular weight excluding hydrogens is 216 g/mol. The predicted octanol–water partition coefficient (Wildman–Crippen LogP) is 3.00. The summed E-state index contributed by atoms with van der Waals surface area (Å²) < 4.78 is 10.8. The maximum Gasteiger partial charge on any atom is 0.229 e. The lowest BCUT2D eigenvalue weighted by atomic mass is 10.2. The van der Waals surface area contributed by atoms with E-state index in [1.807, 2.05) is 6.07 Å². The minimum atomic E-state index is 0.642. The van der Waals surface area contributed by atoms with Crippen molar-refractivity contribution in [1.29, 1.82) is 0 Å². The number of aryl methyl sites for hydroxylation is 1. The molecule has 1 N–H and O–H groups in total. The number of hydrogen-bond acceptors (Lipinski definition) is 4. The molecule has 2 aromatic heterocycles. The van der Waals surface area contributed by atoms with Crippen LogP contribution < -0.4 is 5.32 Å². The first kappa shape index (κ1) is 11.9. The van der Waals surface area contributed by atoms with Gasteiger partial charge in [0.25, 0.3) is 0 Å². The first-order valence-corrected chi connectivity index (χ1v) is 6.07. The van der Waals surface area contributed by atoms with Crippen LogP contribution in [0.5, 0.6) is 0 Å². The predicted molar refractivity (Wildman–Crippen MR) is 65.6 cm³/mol. The Balaban J connectivity index is 2.07. The van der Waals surface area contributed by atoms with Crippen LogP contribution >= 0.6 is 0 Å². The number of oxazole rings is 1. The summed E-state index contributed by atoms with van der Waals surface area (Å²) in [6, 6.07) is 1.90. The molecule has 0 amide bonds. The molecule has 0 unspecified atom stereocenters. The lowest BCUT2D eigenvalue weighted by Gasteiger charge is -1.97. The van der Waals surface area contributed by atoms with Crippen molar-refractivity contribution in [3.05, 3.63) is 30.0 Å². The third kappa shape index (κ3) is 2.77. The van der Waals surface area contributed by atoms with Crippen LogP contribution in [0.15, 0.2) is 27.4 Å². The zero-order chi connectivity index (χ0) is 12.1. The molecule has 0 aliphatic carbocycles. The Bertz CT molecular complexity index is 459. The Labute approximate surface area is 101 Å². The van der Waals surface area contributed by atoms with Crippen molar-refractivity contribution in [2.45, 2.75) is 33.2 Å². The van der Waals surface area contributed by atoms with Gasteiger partial charge in [-0.05, 0) is 19.0 Å². The van der Waals surface area contributed by atoms with Crippen LogP contribution in [-0.4, -0.2) is 11.5 Å². The largest absolute Gasteiger partial charge is 0.469 e. The van der Waals surface area contributed by atoms with Crippen LogP contribution in [-0.2, 0) is 13.0 Å². The van der Waals surface area contributed by atoms with Gasteiger partial charge in [0.1, 0.15) is 12.0 Å². The summed E-state index contributed by atoms with van der Waals surface area (Å²) in [5, 5.41) is 3.29. The van der Waals surface area contributed by atoms with Crippen LogP contribution in [0.1, 0.15) is 31.7 Å². The van der Waals surface area contributed by atoms with Gasteiger partial charge in [0, 0.05) is 13.0 Å². The minimum Gasteiger partial charge on any atom is -0.469 e. The van der Waals surface area contributed by atoms with E-state index < -0.39 is 0 Å². The van der Waals surface area contributed by atoms with Gasteiger partial charge in [0.05, 0.1) is 17.5 Å². The van der Waals surface area contributed by atoms with Gasteiger partial charge >= 0.3 is 0 Å². The van der Waals surface area contributed by atoms with Gasteiger partial charge in [-0.2, -0.15) is 0 Å². The normalized spacial score (nSPS) is 10.9. The van der Waals surface area contributed by atoms with Gasteiger partial charge in [-0.25, -0.2) is 4.98 Å². The Morgan fingerprint density at radius 1 is 1.29 bits per heavy atom. The van der Waals surface area contributed by atoms with E-state index in [-0.39, 0.29) is 0 Å². The highest BCUT2D eigenvalue weighted by Crippen LogP contribution is 2.24. The molecule has 2 aromatic rings. The standard InChI is InChI=1S/C13H18N2O2/c1-3-6-14-8-10-9-17-13(15-10)11-5-7-16-12(11)4-2/h5,7,9,14H,3-4,6,8H2,1-2H3. The van der Waals surface area contributed by atoms with Crippen molar-refractivity contribution >= 4 is 0 Å². The fraction of sp³-hybridized carbons (Fsp3) is 0.462. The molecule has 0 aromatic carbocycles. The molecule has 92 valence electrons. The van der Waals surface area contributed by atoms with Gasteiger partial charge in [0.15, 0.2) is 0 Å². The van der Waals surface area contributed by atoms with Gasteiger partial charge in [-0.15, -0.1) is 0 Å². The van der Waals surface area contributed by atoms with Crippen molar-refractivity contribution in [3.63, 3.8) is 0 Å². The Hall–Kier alpha value is -1.55. The summed E-state index contributed by atoms with van der Waals surface area (Å²) in [5.74, 6) is 1.56. The maximum absolute atomic E-state index is 5.47. The minimum absolute atomic E-state index is 0.642. The Morgan fingerprint density at radius 3 is 2.94 bits per heavy atom. The molecule has 0 atom stereocenters. The summed E-state index contributed by atoms with van der Waals surface area (Å²) in [6.07, 6.45) is 5.33. The fourth-order valence-electron chi connectivity index (χ4n) is 1.71. The topological polar surface area (TPSA) is 51.2 Å². The molecule has 0 fully saturated rings. The number of rotatable bonds is 6. The molecule has 0 aliphatic rings. The number of hydrogen-bond donors (Lipinski definition) is 1. The quantitative estimate of drug-likeness (QED) is 0.781. The molecule has 0 saturated heterocycles. The zero-order valence-corrected chi connectivity index (χ0v) is 10.3. The average molecular weight is 234 g/mol. The number of nitrogens with zero attached hydrogens (tertiary/aromatic N) is 1. The summed E-state index contributed by atoms with van der Waals surface area (Å²) in [7, 11) is 0. The summed E-state index contributed by atoms with van der Waals surface area (Å²) >= 11 is 0. The molecule has 0 bridgehead atoms. The molecule has 2 heterocycles. The fourth-order valence-corrected chi connectivity index (χ4v) is 1.71. The molecule has 0 saturated carbocycles. The van der Waals surface area contributed by atoms with Crippen LogP contribution in [0.3, 0.4) is 0 Å². The summed E-state index contributed by atoms with van der Waals surface area (Å²) in [4.78, 5) is 4.44. The number of aromatic nitrogens is 1. The van der Waals surface area contributed by atoms with Crippen molar-refractivity contribution in [3.8, 4) is 11.5 Å². The highest BCUT2D eigenvalue weighted by atomic mass is 16.4. The van der Waals surface area contributed by atoms with Crippen molar-refractivity contribution in [2.75, 3.05) is 6.54 Å². The second-order valence-electron chi connectivity index (χ2n) is 3.93. The molecular formula is C13H18N2O2. The van der Waals surface area contributed by atoms with Gasteiger partial charge in [-0.1, -0.05) is 13.8 Å². The SMILES string of the molecule is CCCNCc1coc(-c2ccoc2CC)n1. The average Bonchev–Trinajstić information content (AvgIpc) is 2.96. The molecule has 0 radical (unpaired) electrons. The van der Waals surface area contributed by atoms with Crippen molar-refractivity contribution in [1.82, 2.24) is 10.3 Å². The van der Waals surface area contributed by atoms with Gasteiger partial charge in [0.2, 0.25) is 5.89 Å². The Kier molecular flexibility index (Phi) is 3.98. The highest BCUT2D eigenvalue weighted by Gasteiger charge is 2.12. The summed E-state index contributed by atoms with van der Waals surface area (Å²) in [5.41, 5.74) is 1.88. The van der Waals surface area contributed by atoms with E-state index in [1.165, 1.54) is 0 Å². The number of furan rings is 1. The zero-order valence-electron chi connectivity index (χ0n) is 10.3. The van der Waals surface area contributed by atoms with E-state index in [9.17, 15) is 0 Å². The van der Waals surface area contributed by atoms with E-state index in [4.69, 9.17) is 8.83 Å². The smallest absolute Gasteiger partial charge is 0.229 e. The molecule has 4 heteroatoms. The van der Waals surface area contributed by atoms with Crippen molar-refractivity contribution < 1.29 is 8.83 Å². The molecule has 4 nitrogen and oxygen atoms in total. The van der Waals surface area contributed by atoms with Crippen LogP contribution in [0.2, 0.25) is 0 Å². The van der Waals surface area contributed by atoms with E-state index in [0.717, 1.165) is 42.9 Å². The van der Waals surface area contributed by atoms with Crippen LogP contribution in [0.4, 0.5) is 0 Å². The maximum atomic E-state index is 5.47. The van der Waals surface area contributed by atoms with Crippen LogP contribution in [0.25, 0.3) is 11.5 Å². The van der Waals surface area contributed by atoms with Crippen molar-refractivity contribution in [2.24, 2.45) is 0 Å². The molecule has 2 rings (SSSR count). The van der Waals surface area contributed by atoms with E-state index in [2.05, 4.69) is 24.1 Å². The molecule has 0 aliphatic heterocycles. The molecule has 17 heavy (non-hydrogen) atoms. The second-order valence-corrected chi connectivity index (χ2v) is 3.93. The van der Waals surface area contributed by atoms with E-state index in [0.29, 0.717) is 5.89 Å². The van der Waals surface area contributed by atoms with E-state index in [1.54, 1.807) is 12.5 Å². The van der Waals surface area contributed by atoms with Gasteiger partial charge < -0.3 is 14.2 Å². The Morgan fingerprint density at radius 2 is 2.18 bits per heavy atom. The second kappa shape index (κ2) is 5.68. The molecule has 0 spiro atoms. The first-order valence-electron chi connectivity index (χ1n) is 6.07. The van der Waals surface area contributed by atoms with E-state index >= 15 is 0 Å². The highest BCUT2D eigenvalue weighted by molar-refractivity contribution is 5.55.